The molecular formula is C24H37N5O. The number of nitrogens with zero attached hydrogens (tertiary/aromatic N) is 3. The zero-order valence-corrected chi connectivity index (χ0v) is 19.4. The van der Waals surface area contributed by atoms with Crippen molar-refractivity contribution in [1.82, 2.24) is 20.5 Å². The average Bonchev–Trinajstić information content (AvgIpc) is 3.19. The standard InChI is InChI=1S/C24H37N5O/c1-7-25-22(27-15-21-26-14-20(30-21)23(2,3)4)28-17-24(5,6)29-13-12-18-10-8-9-11-19(18)16-29/h8-11,14H,7,12-13,15-17H2,1-6H3,(H2,25,27,28). The van der Waals surface area contributed by atoms with Crippen molar-refractivity contribution in [2.75, 3.05) is 19.6 Å². The van der Waals surface area contributed by atoms with E-state index in [4.69, 9.17) is 4.42 Å². The second kappa shape index (κ2) is 9.21. The molecule has 1 aromatic carbocycles. The van der Waals surface area contributed by atoms with Crippen LogP contribution >= 0.6 is 0 Å². The highest BCUT2D eigenvalue weighted by Gasteiger charge is 2.29. The van der Waals surface area contributed by atoms with E-state index >= 15 is 0 Å². The number of aromatic nitrogens is 1. The van der Waals surface area contributed by atoms with Crippen LogP contribution in [0.4, 0.5) is 0 Å². The number of hydrogen-bond acceptors (Lipinski definition) is 4. The van der Waals surface area contributed by atoms with E-state index in [-0.39, 0.29) is 11.0 Å². The maximum absolute atomic E-state index is 5.87. The summed E-state index contributed by atoms with van der Waals surface area (Å²) in [5.74, 6) is 2.32. The molecular weight excluding hydrogens is 374 g/mol. The Morgan fingerprint density at radius 2 is 1.87 bits per heavy atom. The summed E-state index contributed by atoms with van der Waals surface area (Å²) in [5.41, 5.74) is 2.88. The Morgan fingerprint density at radius 3 is 2.53 bits per heavy atom. The Labute approximate surface area is 181 Å². The van der Waals surface area contributed by atoms with E-state index in [0.717, 1.165) is 44.3 Å². The van der Waals surface area contributed by atoms with Crippen molar-refractivity contribution in [2.24, 2.45) is 4.99 Å². The van der Waals surface area contributed by atoms with E-state index < -0.39 is 0 Å². The van der Waals surface area contributed by atoms with Crippen molar-refractivity contribution >= 4 is 5.96 Å². The number of guanidine groups is 1. The molecule has 0 aliphatic carbocycles. The smallest absolute Gasteiger partial charge is 0.216 e. The van der Waals surface area contributed by atoms with Crippen LogP contribution in [0.2, 0.25) is 0 Å². The van der Waals surface area contributed by atoms with E-state index in [1.54, 1.807) is 0 Å². The Bertz CT molecular complexity index is 862. The van der Waals surface area contributed by atoms with Gasteiger partial charge in [0.25, 0.3) is 0 Å². The molecule has 2 heterocycles. The highest BCUT2D eigenvalue weighted by molar-refractivity contribution is 5.79. The van der Waals surface area contributed by atoms with Crippen molar-refractivity contribution in [3.63, 3.8) is 0 Å². The summed E-state index contributed by atoms with van der Waals surface area (Å²) in [4.78, 5) is 11.6. The highest BCUT2D eigenvalue weighted by Crippen LogP contribution is 2.25. The van der Waals surface area contributed by atoms with Crippen LogP contribution in [-0.2, 0) is 24.9 Å². The Balaban J connectivity index is 1.60. The van der Waals surface area contributed by atoms with Gasteiger partial charge in [-0.25, -0.2) is 9.98 Å². The lowest BCUT2D eigenvalue weighted by atomic mass is 9.94. The van der Waals surface area contributed by atoms with Crippen molar-refractivity contribution in [3.05, 3.63) is 53.2 Å². The lowest BCUT2D eigenvalue weighted by Gasteiger charge is -2.42. The second-order valence-corrected chi connectivity index (χ2v) is 9.67. The van der Waals surface area contributed by atoms with Gasteiger partial charge in [-0.15, -0.1) is 0 Å². The minimum Gasteiger partial charge on any atom is -0.443 e. The second-order valence-electron chi connectivity index (χ2n) is 9.67. The van der Waals surface area contributed by atoms with Crippen LogP contribution in [0.1, 0.15) is 64.3 Å². The van der Waals surface area contributed by atoms with Gasteiger partial charge in [-0.05, 0) is 38.3 Å². The molecule has 2 N–H and O–H groups in total. The first-order chi connectivity index (χ1) is 14.2. The molecule has 3 rings (SSSR count). The zero-order valence-electron chi connectivity index (χ0n) is 19.4. The predicted molar refractivity (Wildman–Crippen MR) is 123 cm³/mol. The fraction of sp³-hybridized carbons (Fsp3) is 0.583. The van der Waals surface area contributed by atoms with Gasteiger partial charge in [-0.2, -0.15) is 0 Å². The van der Waals surface area contributed by atoms with Gasteiger partial charge in [-0.1, -0.05) is 45.0 Å². The van der Waals surface area contributed by atoms with Gasteiger partial charge in [0, 0.05) is 37.1 Å². The molecule has 0 unspecified atom stereocenters. The molecule has 6 nitrogen and oxygen atoms in total. The van der Waals surface area contributed by atoms with E-state index in [0.29, 0.717) is 12.4 Å². The molecule has 0 fully saturated rings. The van der Waals surface area contributed by atoms with Crippen LogP contribution in [0.3, 0.4) is 0 Å². The Hall–Kier alpha value is -2.34. The molecule has 2 aromatic rings. The molecule has 164 valence electrons. The number of oxazole rings is 1. The van der Waals surface area contributed by atoms with E-state index in [9.17, 15) is 0 Å². The van der Waals surface area contributed by atoms with E-state index in [2.05, 4.69) is 91.3 Å². The molecule has 6 heteroatoms. The predicted octanol–water partition coefficient (Wildman–Crippen LogP) is 3.86. The van der Waals surface area contributed by atoms with E-state index in [1.807, 2.05) is 6.20 Å². The van der Waals surface area contributed by atoms with E-state index in [1.165, 1.54) is 11.1 Å². The van der Waals surface area contributed by atoms with Gasteiger partial charge >= 0.3 is 0 Å². The number of rotatable bonds is 6. The maximum atomic E-state index is 5.87. The molecule has 0 radical (unpaired) electrons. The molecule has 0 saturated heterocycles. The average molecular weight is 412 g/mol. The van der Waals surface area contributed by atoms with Gasteiger partial charge in [0.2, 0.25) is 5.89 Å². The monoisotopic (exact) mass is 411 g/mol. The highest BCUT2D eigenvalue weighted by atomic mass is 16.4. The fourth-order valence-electron chi connectivity index (χ4n) is 3.64. The van der Waals surface area contributed by atoms with Gasteiger partial charge < -0.3 is 15.1 Å². The van der Waals surface area contributed by atoms with Crippen LogP contribution < -0.4 is 10.6 Å². The first-order valence-corrected chi connectivity index (χ1v) is 11.0. The maximum Gasteiger partial charge on any atom is 0.216 e. The third-order valence-electron chi connectivity index (χ3n) is 5.68. The van der Waals surface area contributed by atoms with Crippen molar-refractivity contribution in [3.8, 4) is 0 Å². The third kappa shape index (κ3) is 5.63. The van der Waals surface area contributed by atoms with Crippen LogP contribution in [0.25, 0.3) is 0 Å². The van der Waals surface area contributed by atoms with Crippen molar-refractivity contribution in [1.29, 1.82) is 0 Å². The minimum absolute atomic E-state index is 0.00601. The molecule has 0 spiro atoms. The lowest BCUT2D eigenvalue weighted by molar-refractivity contribution is 0.107. The summed E-state index contributed by atoms with van der Waals surface area (Å²) in [7, 11) is 0. The summed E-state index contributed by atoms with van der Waals surface area (Å²) < 4.78 is 5.87. The topological polar surface area (TPSA) is 65.7 Å². The third-order valence-corrected chi connectivity index (χ3v) is 5.68. The number of nitrogens with one attached hydrogen (secondary N) is 2. The Kier molecular flexibility index (Phi) is 6.86. The first kappa shape index (κ1) is 22.3. The normalized spacial score (nSPS) is 15.7. The largest absolute Gasteiger partial charge is 0.443 e. The first-order valence-electron chi connectivity index (χ1n) is 11.0. The van der Waals surface area contributed by atoms with Crippen LogP contribution in [0.5, 0.6) is 0 Å². The minimum atomic E-state index is -0.0468. The SMILES string of the molecule is CCNC(=NCc1ncc(C(C)(C)C)o1)NCC(C)(C)N1CCc2ccccc2C1. The molecule has 1 aliphatic rings. The number of aliphatic imine (C=N–C) groups is 1. The number of benzene rings is 1. The Morgan fingerprint density at radius 1 is 1.13 bits per heavy atom. The number of hydrogen-bond donors (Lipinski definition) is 2. The summed E-state index contributed by atoms with van der Waals surface area (Å²) in [5, 5.41) is 6.85. The molecule has 0 saturated carbocycles. The van der Waals surface area contributed by atoms with Gasteiger partial charge in [-0.3, -0.25) is 4.90 Å². The quantitative estimate of drug-likeness (QED) is 0.558. The molecule has 0 bridgehead atoms. The summed E-state index contributed by atoms with van der Waals surface area (Å²) >= 11 is 0. The van der Waals surface area contributed by atoms with Gasteiger partial charge in [0.05, 0.1) is 6.20 Å². The molecule has 0 atom stereocenters. The summed E-state index contributed by atoms with van der Waals surface area (Å²) in [6.45, 7) is 17.1. The van der Waals surface area contributed by atoms with Crippen molar-refractivity contribution in [2.45, 2.75) is 72.0 Å². The van der Waals surface area contributed by atoms with Crippen LogP contribution in [0, 0.1) is 0 Å². The summed E-state index contributed by atoms with van der Waals surface area (Å²) in [6.07, 6.45) is 2.91. The molecule has 1 aromatic heterocycles. The molecule has 30 heavy (non-hydrogen) atoms. The summed E-state index contributed by atoms with van der Waals surface area (Å²) in [6, 6.07) is 8.77. The lowest BCUT2D eigenvalue weighted by Crippen LogP contribution is -2.54. The van der Waals surface area contributed by atoms with Crippen LogP contribution in [-0.4, -0.2) is 41.0 Å². The van der Waals surface area contributed by atoms with Gasteiger partial charge in [0.1, 0.15) is 12.3 Å². The molecule has 1 aliphatic heterocycles. The number of fused-ring (bicyclic) bond motifs is 1. The zero-order chi connectivity index (χ0) is 21.8. The van der Waals surface area contributed by atoms with Crippen molar-refractivity contribution < 1.29 is 4.42 Å². The van der Waals surface area contributed by atoms with Gasteiger partial charge in [0.15, 0.2) is 5.96 Å². The fourth-order valence-corrected chi connectivity index (χ4v) is 3.64. The van der Waals surface area contributed by atoms with Crippen LogP contribution in [0.15, 0.2) is 39.9 Å². The molecule has 0 amide bonds.